The largest absolute Gasteiger partial charge is 0.390 e. The van der Waals surface area contributed by atoms with E-state index in [1.165, 1.54) is 6.07 Å². The number of aliphatic hydroxyl groups is 1. The predicted molar refractivity (Wildman–Crippen MR) is 133 cm³/mol. The normalized spacial score (nSPS) is 17.2. The summed E-state index contributed by atoms with van der Waals surface area (Å²) < 4.78 is 28.0. The molecule has 1 saturated carbocycles. The van der Waals surface area contributed by atoms with Gasteiger partial charge in [0.05, 0.1) is 17.9 Å². The Morgan fingerprint density at radius 2 is 1.89 bits per heavy atom. The van der Waals surface area contributed by atoms with Crippen molar-refractivity contribution < 1.29 is 23.1 Å². The number of aliphatic hydroxyl groups excluding tert-OH is 1. The number of piperidine rings is 1. The van der Waals surface area contributed by atoms with Crippen molar-refractivity contribution in [2.75, 3.05) is 17.4 Å². The molecule has 1 aromatic heterocycles. The van der Waals surface area contributed by atoms with Gasteiger partial charge in [-0.15, -0.1) is 0 Å². The Labute approximate surface area is 211 Å². The second-order valence-corrected chi connectivity index (χ2v) is 11.4. The third-order valence-corrected chi connectivity index (χ3v) is 9.41. The predicted octanol–water partition coefficient (Wildman–Crippen LogP) is 2.78. The molecule has 2 heterocycles. The zero-order valence-electron chi connectivity index (χ0n) is 20.2. The molecule has 1 aliphatic heterocycles. The topological polar surface area (TPSA) is 140 Å². The molecule has 2 N–H and O–H groups in total. The molecule has 1 aromatic carbocycles. The zero-order valence-corrected chi connectivity index (χ0v) is 21.1. The van der Waals surface area contributed by atoms with Crippen molar-refractivity contribution in [1.29, 1.82) is 5.26 Å². The standard InChI is InChI=1S/C26H30N4O5S/c1-2-6-23(32)21-15-19(16-27)24(29-22(21)17-31)30(25(33)18-9-13-28-14-10-18)36(34,35)26(11-12-26)20-7-4-3-5-8-20/h3-5,7-8,15,18,28,31H,2,6,9-14,17H2,1H3. The average Bonchev–Trinajstić information content (AvgIpc) is 3.72. The van der Waals surface area contributed by atoms with Gasteiger partial charge in [-0.05, 0) is 56.8 Å². The highest BCUT2D eigenvalue weighted by molar-refractivity contribution is 7.94. The number of nitrogens with zero attached hydrogens (tertiary/aromatic N) is 3. The minimum Gasteiger partial charge on any atom is -0.390 e. The van der Waals surface area contributed by atoms with Crippen LogP contribution in [0.3, 0.4) is 0 Å². The Morgan fingerprint density at radius 1 is 1.22 bits per heavy atom. The molecule has 1 amide bonds. The first-order valence-corrected chi connectivity index (χ1v) is 13.7. The van der Waals surface area contributed by atoms with E-state index in [0.29, 0.717) is 55.1 Å². The fourth-order valence-corrected chi connectivity index (χ4v) is 6.95. The van der Waals surface area contributed by atoms with E-state index in [-0.39, 0.29) is 34.8 Å². The zero-order chi connectivity index (χ0) is 25.9. The van der Waals surface area contributed by atoms with Gasteiger partial charge >= 0.3 is 0 Å². The van der Waals surface area contributed by atoms with Crippen LogP contribution in [0.15, 0.2) is 36.4 Å². The molecule has 2 aromatic rings. The Kier molecular flexibility index (Phi) is 7.54. The van der Waals surface area contributed by atoms with Crippen LogP contribution in [0, 0.1) is 17.2 Å². The quantitative estimate of drug-likeness (QED) is 0.491. The van der Waals surface area contributed by atoms with Gasteiger partial charge in [-0.2, -0.15) is 9.57 Å². The van der Waals surface area contributed by atoms with Gasteiger partial charge in [0.15, 0.2) is 11.6 Å². The lowest BCUT2D eigenvalue weighted by Gasteiger charge is -2.32. The summed E-state index contributed by atoms with van der Waals surface area (Å²) in [7, 11) is -4.36. The van der Waals surface area contributed by atoms with Crippen molar-refractivity contribution >= 4 is 27.5 Å². The van der Waals surface area contributed by atoms with Crippen molar-refractivity contribution in [2.24, 2.45) is 5.92 Å². The van der Waals surface area contributed by atoms with Crippen molar-refractivity contribution in [2.45, 2.75) is 56.8 Å². The molecule has 0 radical (unpaired) electrons. The second kappa shape index (κ2) is 10.5. The van der Waals surface area contributed by atoms with E-state index in [9.17, 15) is 28.4 Å². The van der Waals surface area contributed by atoms with Gasteiger partial charge in [0.25, 0.3) is 10.0 Å². The monoisotopic (exact) mass is 510 g/mol. The molecule has 0 unspecified atom stereocenters. The highest BCUT2D eigenvalue weighted by Gasteiger charge is 2.60. The number of hydrogen-bond donors (Lipinski definition) is 2. The smallest absolute Gasteiger partial charge is 0.252 e. The van der Waals surface area contributed by atoms with Crippen molar-refractivity contribution in [3.05, 3.63) is 58.8 Å². The lowest BCUT2D eigenvalue weighted by molar-refractivity contribution is -0.121. The van der Waals surface area contributed by atoms with Crippen LogP contribution in [0.1, 0.15) is 72.6 Å². The molecule has 10 heteroatoms. The molecule has 0 spiro atoms. The number of hydrogen-bond acceptors (Lipinski definition) is 8. The lowest BCUT2D eigenvalue weighted by Crippen LogP contribution is -2.48. The summed E-state index contributed by atoms with van der Waals surface area (Å²) in [5.41, 5.74) is 0.394. The summed E-state index contributed by atoms with van der Waals surface area (Å²) in [6.07, 6.45) is 2.30. The Morgan fingerprint density at radius 3 is 2.44 bits per heavy atom. The molecule has 1 saturated heterocycles. The number of aromatic nitrogens is 1. The van der Waals surface area contributed by atoms with Gasteiger partial charge < -0.3 is 10.4 Å². The van der Waals surface area contributed by atoms with E-state index in [1.807, 2.05) is 13.0 Å². The number of amides is 1. The van der Waals surface area contributed by atoms with Crippen LogP contribution in [-0.2, 0) is 26.2 Å². The molecular formula is C26H30N4O5S. The number of nitriles is 1. The molecule has 2 aliphatic rings. The Hall–Kier alpha value is -3.13. The number of benzene rings is 1. The third kappa shape index (κ3) is 4.54. The van der Waals surface area contributed by atoms with Crippen molar-refractivity contribution in [3.63, 3.8) is 0 Å². The summed E-state index contributed by atoms with van der Waals surface area (Å²) in [5.74, 6) is -1.86. The molecule has 9 nitrogen and oxygen atoms in total. The van der Waals surface area contributed by atoms with E-state index < -0.39 is 33.2 Å². The van der Waals surface area contributed by atoms with E-state index in [4.69, 9.17) is 0 Å². The Balaban J connectivity index is 1.91. The highest BCUT2D eigenvalue weighted by Crippen LogP contribution is 2.55. The fourth-order valence-electron chi connectivity index (χ4n) is 4.80. The highest BCUT2D eigenvalue weighted by atomic mass is 32.2. The SMILES string of the molecule is CCCC(=O)c1cc(C#N)c(N(C(=O)C2CCNCC2)S(=O)(=O)C2(c3ccccc3)CC2)nc1CO. The number of Topliss-reactive ketones (excluding diaryl/α,β-unsaturated/α-hetero) is 1. The van der Waals surface area contributed by atoms with E-state index in [0.717, 1.165) is 0 Å². The maximum absolute atomic E-state index is 14.3. The second-order valence-electron chi connectivity index (χ2n) is 9.29. The number of pyridine rings is 1. The molecule has 190 valence electrons. The van der Waals surface area contributed by atoms with Gasteiger partial charge in [-0.25, -0.2) is 13.4 Å². The van der Waals surface area contributed by atoms with Crippen LogP contribution in [-0.4, -0.2) is 43.3 Å². The van der Waals surface area contributed by atoms with Crippen molar-refractivity contribution in [1.82, 2.24) is 10.3 Å². The minimum absolute atomic E-state index is 0.0506. The first-order chi connectivity index (χ1) is 17.3. The molecule has 2 fully saturated rings. The van der Waals surface area contributed by atoms with Crippen LogP contribution in [0.5, 0.6) is 0 Å². The van der Waals surface area contributed by atoms with E-state index in [1.54, 1.807) is 30.3 Å². The molecule has 4 rings (SSSR count). The van der Waals surface area contributed by atoms with Crippen LogP contribution >= 0.6 is 0 Å². The molecule has 0 bridgehead atoms. The molecule has 36 heavy (non-hydrogen) atoms. The van der Waals surface area contributed by atoms with E-state index in [2.05, 4.69) is 10.3 Å². The summed E-state index contributed by atoms with van der Waals surface area (Å²) in [5, 5.41) is 23.1. The number of carbonyl (C=O) groups excluding carboxylic acids is 2. The van der Waals surface area contributed by atoms with Crippen LogP contribution in [0.25, 0.3) is 0 Å². The lowest BCUT2D eigenvalue weighted by atomic mass is 9.97. The van der Waals surface area contributed by atoms with E-state index >= 15 is 0 Å². The van der Waals surface area contributed by atoms with Crippen molar-refractivity contribution in [3.8, 4) is 6.07 Å². The van der Waals surface area contributed by atoms with Gasteiger partial charge in [0, 0.05) is 17.9 Å². The molecule has 0 atom stereocenters. The number of carbonyl (C=O) groups is 2. The van der Waals surface area contributed by atoms with Gasteiger partial charge in [-0.1, -0.05) is 37.3 Å². The van der Waals surface area contributed by atoms with Crippen LogP contribution in [0.4, 0.5) is 5.82 Å². The first kappa shape index (κ1) is 25.9. The number of anilines is 1. The first-order valence-electron chi connectivity index (χ1n) is 12.2. The number of ketones is 1. The number of sulfonamides is 1. The molecule has 1 aliphatic carbocycles. The van der Waals surface area contributed by atoms with Gasteiger partial charge in [0.1, 0.15) is 10.8 Å². The average molecular weight is 511 g/mol. The van der Waals surface area contributed by atoms with Gasteiger partial charge in [0.2, 0.25) is 5.91 Å². The summed E-state index contributed by atoms with van der Waals surface area (Å²) >= 11 is 0. The number of nitrogens with one attached hydrogen (secondary N) is 1. The van der Waals surface area contributed by atoms with Gasteiger partial charge in [-0.3, -0.25) is 9.59 Å². The number of rotatable bonds is 9. The third-order valence-electron chi connectivity index (χ3n) is 6.95. The molecular weight excluding hydrogens is 480 g/mol. The van der Waals surface area contributed by atoms with Crippen LogP contribution < -0.4 is 9.62 Å². The Bertz CT molecular complexity index is 1290. The summed E-state index contributed by atoms with van der Waals surface area (Å²) in [6.45, 7) is 2.33. The maximum Gasteiger partial charge on any atom is 0.252 e. The summed E-state index contributed by atoms with van der Waals surface area (Å²) in [6, 6.07) is 11.9. The summed E-state index contributed by atoms with van der Waals surface area (Å²) in [4.78, 5) is 30.8. The maximum atomic E-state index is 14.3. The van der Waals surface area contributed by atoms with Crippen LogP contribution in [0.2, 0.25) is 0 Å². The minimum atomic E-state index is -4.36. The fraction of sp³-hybridized carbons (Fsp3) is 0.462.